The summed E-state index contributed by atoms with van der Waals surface area (Å²) >= 11 is 1.58. The Morgan fingerprint density at radius 2 is 2.21 bits per heavy atom. The van der Waals surface area contributed by atoms with Crippen LogP contribution in [0.3, 0.4) is 0 Å². The maximum absolute atomic E-state index is 5.17. The zero-order valence-corrected chi connectivity index (χ0v) is 8.71. The van der Waals surface area contributed by atoms with E-state index in [1.165, 1.54) is 11.1 Å². The van der Waals surface area contributed by atoms with E-state index in [1.807, 2.05) is 12.1 Å². The number of rotatable bonds is 1. The van der Waals surface area contributed by atoms with Crippen molar-refractivity contribution in [2.45, 2.75) is 6.92 Å². The number of hydrogen-bond acceptors (Lipinski definition) is 3. The highest BCUT2D eigenvalue weighted by molar-refractivity contribution is 8.15. The molecule has 3 nitrogen and oxygen atoms in total. The van der Waals surface area contributed by atoms with Gasteiger partial charge in [-0.1, -0.05) is 36.0 Å². The topological polar surface area (TPSA) is 50.7 Å². The highest BCUT2D eigenvalue weighted by Gasteiger charge is 2.15. The first-order valence-electron chi connectivity index (χ1n) is 4.35. The molecule has 0 aliphatic carbocycles. The second-order valence-corrected chi connectivity index (χ2v) is 4.02. The van der Waals surface area contributed by atoms with Crippen molar-refractivity contribution in [1.29, 1.82) is 0 Å². The first-order chi connectivity index (χ1) is 6.81. The molecule has 72 valence electrons. The zero-order chi connectivity index (χ0) is 9.97. The molecule has 0 fully saturated rings. The number of aliphatic imine (C=N–C) groups is 1. The van der Waals surface area contributed by atoms with Crippen LogP contribution in [0.15, 0.2) is 34.4 Å². The van der Waals surface area contributed by atoms with Crippen molar-refractivity contribution in [2.24, 2.45) is 15.9 Å². The number of hydrazone groups is 1. The van der Waals surface area contributed by atoms with E-state index < -0.39 is 0 Å². The van der Waals surface area contributed by atoms with Crippen molar-refractivity contribution < 1.29 is 0 Å². The number of amidine groups is 1. The quantitative estimate of drug-likeness (QED) is 0.561. The van der Waals surface area contributed by atoms with E-state index in [0.717, 1.165) is 11.5 Å². The van der Waals surface area contributed by atoms with Gasteiger partial charge in [0.1, 0.15) is 0 Å². The Morgan fingerprint density at radius 1 is 1.43 bits per heavy atom. The van der Waals surface area contributed by atoms with Crippen molar-refractivity contribution in [3.8, 4) is 0 Å². The number of thioether (sulfide) groups is 1. The lowest BCUT2D eigenvalue weighted by atomic mass is 10.1. The Hall–Kier alpha value is -1.29. The average Bonchev–Trinajstić information content (AvgIpc) is 2.67. The Bertz CT molecular complexity index is 410. The molecule has 0 aromatic heterocycles. The van der Waals surface area contributed by atoms with E-state index >= 15 is 0 Å². The fraction of sp³-hybridized carbons (Fsp3) is 0.200. The highest BCUT2D eigenvalue weighted by atomic mass is 32.2. The lowest BCUT2D eigenvalue weighted by Gasteiger charge is -2.02. The third kappa shape index (κ3) is 1.65. The Kier molecular flexibility index (Phi) is 2.54. The third-order valence-electron chi connectivity index (χ3n) is 2.13. The summed E-state index contributed by atoms with van der Waals surface area (Å²) in [5.74, 6) is 6.03. The van der Waals surface area contributed by atoms with Crippen molar-refractivity contribution in [3.63, 3.8) is 0 Å². The lowest BCUT2D eigenvalue weighted by molar-refractivity contribution is 1.25. The molecule has 14 heavy (non-hydrogen) atoms. The van der Waals surface area contributed by atoms with Gasteiger partial charge in [0.05, 0.1) is 5.71 Å². The third-order valence-corrected chi connectivity index (χ3v) is 3.01. The lowest BCUT2D eigenvalue weighted by Crippen LogP contribution is -2.02. The van der Waals surface area contributed by atoms with Gasteiger partial charge in [0, 0.05) is 5.75 Å². The van der Waals surface area contributed by atoms with Gasteiger partial charge in [0.2, 0.25) is 5.17 Å². The molecule has 1 aromatic carbocycles. The van der Waals surface area contributed by atoms with Crippen LogP contribution in [0.1, 0.15) is 11.1 Å². The van der Waals surface area contributed by atoms with Crippen LogP contribution in [0.2, 0.25) is 0 Å². The summed E-state index contributed by atoms with van der Waals surface area (Å²) in [6.07, 6.45) is 0. The summed E-state index contributed by atoms with van der Waals surface area (Å²) in [6.45, 7) is 2.08. The Balaban J connectivity index is 2.38. The number of nitrogens with two attached hydrogens (primary N) is 1. The molecule has 0 atom stereocenters. The molecule has 4 heteroatoms. The molecule has 0 saturated heterocycles. The molecular weight excluding hydrogens is 194 g/mol. The molecule has 1 aromatic rings. The van der Waals surface area contributed by atoms with Crippen LogP contribution in [0.25, 0.3) is 0 Å². The van der Waals surface area contributed by atoms with E-state index in [2.05, 4.69) is 29.2 Å². The first-order valence-corrected chi connectivity index (χ1v) is 5.34. The summed E-state index contributed by atoms with van der Waals surface area (Å²) in [5, 5.41) is 4.25. The van der Waals surface area contributed by atoms with Crippen LogP contribution in [0.5, 0.6) is 0 Å². The van der Waals surface area contributed by atoms with Crippen molar-refractivity contribution in [3.05, 3.63) is 35.4 Å². The maximum Gasteiger partial charge on any atom is 0.206 e. The molecule has 2 rings (SSSR count). The minimum Gasteiger partial charge on any atom is -0.321 e. The second-order valence-electron chi connectivity index (χ2n) is 3.07. The molecule has 0 unspecified atom stereocenters. The van der Waals surface area contributed by atoms with Crippen LogP contribution in [-0.4, -0.2) is 16.6 Å². The minimum atomic E-state index is 0.670. The molecule has 0 radical (unpaired) electrons. The highest BCUT2D eigenvalue weighted by Crippen LogP contribution is 2.20. The second kappa shape index (κ2) is 3.84. The summed E-state index contributed by atoms with van der Waals surface area (Å²) < 4.78 is 0. The van der Waals surface area contributed by atoms with Gasteiger partial charge >= 0.3 is 0 Å². The first kappa shape index (κ1) is 9.27. The van der Waals surface area contributed by atoms with E-state index in [9.17, 15) is 0 Å². The van der Waals surface area contributed by atoms with Crippen LogP contribution in [0, 0.1) is 6.92 Å². The van der Waals surface area contributed by atoms with Crippen LogP contribution in [-0.2, 0) is 0 Å². The standard InChI is InChI=1S/C10H11N3S/c1-7-4-2-3-5-8(7)9-6-14-10(12-9)13-11/h2-5H,6,11H2,1H3. The summed E-state index contributed by atoms with van der Waals surface area (Å²) in [7, 11) is 0. The monoisotopic (exact) mass is 205 g/mol. The van der Waals surface area contributed by atoms with E-state index in [0.29, 0.717) is 5.17 Å². The van der Waals surface area contributed by atoms with E-state index in [-0.39, 0.29) is 0 Å². The number of benzene rings is 1. The normalized spacial score (nSPS) is 18.6. The Morgan fingerprint density at radius 3 is 2.86 bits per heavy atom. The predicted molar refractivity (Wildman–Crippen MR) is 61.8 cm³/mol. The SMILES string of the molecule is Cc1ccccc1C1=NC(=NN)SC1. The fourth-order valence-corrected chi connectivity index (χ4v) is 2.15. The van der Waals surface area contributed by atoms with Crippen LogP contribution < -0.4 is 5.84 Å². The van der Waals surface area contributed by atoms with Gasteiger partial charge in [0.25, 0.3) is 0 Å². The largest absolute Gasteiger partial charge is 0.321 e. The number of nitrogens with zero attached hydrogens (tertiary/aromatic N) is 2. The molecule has 0 spiro atoms. The molecule has 0 amide bonds. The van der Waals surface area contributed by atoms with Crippen molar-refractivity contribution in [2.75, 3.05) is 5.75 Å². The average molecular weight is 205 g/mol. The summed E-state index contributed by atoms with van der Waals surface area (Å²) in [5.41, 5.74) is 3.50. The van der Waals surface area contributed by atoms with Gasteiger partial charge < -0.3 is 5.84 Å². The molecule has 1 aliphatic rings. The van der Waals surface area contributed by atoms with Gasteiger partial charge in [-0.2, -0.15) is 5.10 Å². The van der Waals surface area contributed by atoms with E-state index in [1.54, 1.807) is 11.8 Å². The number of hydrogen-bond donors (Lipinski definition) is 1. The molecule has 0 bridgehead atoms. The Labute approximate surface area is 87.1 Å². The van der Waals surface area contributed by atoms with Crippen molar-refractivity contribution >= 4 is 22.6 Å². The summed E-state index contributed by atoms with van der Waals surface area (Å²) in [4.78, 5) is 4.34. The maximum atomic E-state index is 5.17. The number of aryl methyl sites for hydroxylation is 1. The predicted octanol–water partition coefficient (Wildman–Crippen LogP) is 1.76. The van der Waals surface area contributed by atoms with Gasteiger partial charge in [-0.25, -0.2) is 4.99 Å². The van der Waals surface area contributed by atoms with Crippen LogP contribution in [0.4, 0.5) is 0 Å². The molecule has 2 N–H and O–H groups in total. The molecular formula is C10H11N3S. The minimum absolute atomic E-state index is 0.670. The summed E-state index contributed by atoms with van der Waals surface area (Å²) in [6, 6.07) is 8.21. The van der Waals surface area contributed by atoms with Crippen molar-refractivity contribution in [1.82, 2.24) is 0 Å². The van der Waals surface area contributed by atoms with Crippen LogP contribution >= 0.6 is 11.8 Å². The van der Waals surface area contributed by atoms with Gasteiger partial charge in [0.15, 0.2) is 0 Å². The zero-order valence-electron chi connectivity index (χ0n) is 7.90. The molecule has 1 aliphatic heterocycles. The van der Waals surface area contributed by atoms with Gasteiger partial charge in [-0.3, -0.25) is 0 Å². The molecule has 0 saturated carbocycles. The fourth-order valence-electron chi connectivity index (χ4n) is 1.41. The molecule has 1 heterocycles. The van der Waals surface area contributed by atoms with Gasteiger partial charge in [-0.15, -0.1) is 0 Å². The smallest absolute Gasteiger partial charge is 0.206 e. The van der Waals surface area contributed by atoms with Gasteiger partial charge in [-0.05, 0) is 18.1 Å². The van der Waals surface area contributed by atoms with E-state index in [4.69, 9.17) is 5.84 Å².